The maximum Gasteiger partial charge on any atom is 0.135 e. The lowest BCUT2D eigenvalue weighted by Gasteiger charge is -2.07. The van der Waals surface area contributed by atoms with E-state index in [1.807, 2.05) is 60.8 Å². The fourth-order valence-corrected chi connectivity index (χ4v) is 3.86. The van der Waals surface area contributed by atoms with Crippen LogP contribution < -0.4 is 5.32 Å². The molecule has 0 saturated carbocycles. The van der Waals surface area contributed by atoms with Crippen LogP contribution in [0, 0.1) is 5.82 Å². The van der Waals surface area contributed by atoms with Gasteiger partial charge in [0.05, 0.1) is 12.2 Å². The molecule has 3 aromatic carbocycles. The number of benzene rings is 3. The Balaban J connectivity index is 1.40. The number of halogens is 1. The zero-order valence-corrected chi connectivity index (χ0v) is 16.9. The third-order valence-electron chi connectivity index (χ3n) is 5.30. The molecule has 152 valence electrons. The molecule has 4 heteroatoms. The minimum Gasteiger partial charge on any atom is -0.459 e. The first kappa shape index (κ1) is 19.2. The van der Waals surface area contributed by atoms with Gasteiger partial charge in [-0.2, -0.15) is 0 Å². The van der Waals surface area contributed by atoms with Gasteiger partial charge in [0.2, 0.25) is 0 Å². The largest absolute Gasteiger partial charge is 0.459 e. The lowest BCUT2D eigenvalue weighted by atomic mass is 10.0. The molecule has 31 heavy (non-hydrogen) atoms. The zero-order chi connectivity index (χ0) is 21.0. The fraction of sp³-hybridized carbons (Fsp3) is 0.0741. The van der Waals surface area contributed by atoms with Gasteiger partial charge in [-0.1, -0.05) is 60.7 Å². The van der Waals surface area contributed by atoms with Crippen LogP contribution >= 0.6 is 0 Å². The topological polar surface area (TPSA) is 38.1 Å². The maximum absolute atomic E-state index is 13.9. The van der Waals surface area contributed by atoms with Crippen LogP contribution in [-0.4, -0.2) is 4.98 Å². The molecule has 0 unspecified atom stereocenters. The molecule has 5 rings (SSSR count). The smallest absolute Gasteiger partial charge is 0.135 e. The van der Waals surface area contributed by atoms with Crippen LogP contribution in [0.2, 0.25) is 0 Å². The number of aromatic nitrogens is 1. The summed E-state index contributed by atoms with van der Waals surface area (Å²) in [6.07, 6.45) is 1.83. The molecule has 0 radical (unpaired) electrons. The van der Waals surface area contributed by atoms with Gasteiger partial charge in [-0.25, -0.2) is 4.39 Å². The molecule has 0 aliphatic heterocycles. The van der Waals surface area contributed by atoms with Crippen LogP contribution in [0.3, 0.4) is 0 Å². The average Bonchev–Trinajstić information content (AvgIpc) is 3.18. The van der Waals surface area contributed by atoms with Gasteiger partial charge in [-0.15, -0.1) is 0 Å². The van der Waals surface area contributed by atoms with E-state index in [4.69, 9.17) is 4.42 Å². The summed E-state index contributed by atoms with van der Waals surface area (Å²) in [5.41, 5.74) is 5.86. The molecule has 0 bridgehead atoms. The van der Waals surface area contributed by atoms with E-state index in [0.717, 1.165) is 39.1 Å². The van der Waals surface area contributed by atoms with E-state index in [0.29, 0.717) is 18.7 Å². The molecule has 3 nitrogen and oxygen atoms in total. The molecule has 0 fully saturated rings. The highest BCUT2D eigenvalue weighted by Crippen LogP contribution is 2.35. The van der Waals surface area contributed by atoms with Gasteiger partial charge < -0.3 is 9.73 Å². The van der Waals surface area contributed by atoms with E-state index in [9.17, 15) is 4.39 Å². The highest BCUT2D eigenvalue weighted by atomic mass is 19.1. The summed E-state index contributed by atoms with van der Waals surface area (Å²) in [6.45, 7) is 1.11. The highest BCUT2D eigenvalue weighted by Gasteiger charge is 2.16. The normalized spacial score (nSPS) is 11.1. The Morgan fingerprint density at radius 1 is 0.742 bits per heavy atom. The van der Waals surface area contributed by atoms with Crippen LogP contribution in [-0.2, 0) is 13.1 Å². The Hall–Kier alpha value is -3.76. The predicted octanol–water partition coefficient (Wildman–Crippen LogP) is 6.59. The summed E-state index contributed by atoms with van der Waals surface area (Å²) >= 11 is 0. The SMILES string of the molecule is Fc1ccc2oc(CNCc3cc(-c4ccccc4)ccn3)c(-c3ccccc3)c2c1. The van der Waals surface area contributed by atoms with Crippen molar-refractivity contribution < 1.29 is 8.81 Å². The Kier molecular flexibility index (Phi) is 5.29. The minimum atomic E-state index is -0.271. The van der Waals surface area contributed by atoms with Crippen LogP contribution in [0.25, 0.3) is 33.2 Å². The summed E-state index contributed by atoms with van der Waals surface area (Å²) in [7, 11) is 0. The van der Waals surface area contributed by atoms with Crippen molar-refractivity contribution in [1.29, 1.82) is 0 Å². The monoisotopic (exact) mass is 408 g/mol. The van der Waals surface area contributed by atoms with E-state index >= 15 is 0 Å². The van der Waals surface area contributed by atoms with Gasteiger partial charge in [-0.05, 0) is 47.0 Å². The summed E-state index contributed by atoms with van der Waals surface area (Å²) in [6, 6.07) is 29.0. The number of nitrogens with zero attached hydrogens (tertiary/aromatic N) is 1. The Morgan fingerprint density at radius 3 is 2.26 bits per heavy atom. The van der Waals surface area contributed by atoms with Crippen molar-refractivity contribution >= 4 is 11.0 Å². The molecular weight excluding hydrogens is 387 g/mol. The number of nitrogens with one attached hydrogen (secondary N) is 1. The van der Waals surface area contributed by atoms with Crippen molar-refractivity contribution in [2.24, 2.45) is 0 Å². The number of hydrogen-bond acceptors (Lipinski definition) is 3. The zero-order valence-electron chi connectivity index (χ0n) is 16.9. The van der Waals surface area contributed by atoms with Crippen molar-refractivity contribution in [3.05, 3.63) is 114 Å². The van der Waals surface area contributed by atoms with Crippen molar-refractivity contribution in [2.75, 3.05) is 0 Å². The van der Waals surface area contributed by atoms with E-state index in [1.54, 1.807) is 6.07 Å². The lowest BCUT2D eigenvalue weighted by molar-refractivity contribution is 0.513. The Labute approximate surface area is 180 Å². The van der Waals surface area contributed by atoms with E-state index < -0.39 is 0 Å². The predicted molar refractivity (Wildman–Crippen MR) is 122 cm³/mol. The first-order chi connectivity index (χ1) is 15.3. The summed E-state index contributed by atoms with van der Waals surface area (Å²) in [5, 5.41) is 4.22. The highest BCUT2D eigenvalue weighted by molar-refractivity contribution is 5.95. The second-order valence-electron chi connectivity index (χ2n) is 7.41. The van der Waals surface area contributed by atoms with Gasteiger partial charge in [0.1, 0.15) is 17.2 Å². The van der Waals surface area contributed by atoms with Crippen LogP contribution in [0.15, 0.2) is 102 Å². The van der Waals surface area contributed by atoms with Crippen molar-refractivity contribution in [3.63, 3.8) is 0 Å². The number of pyridine rings is 1. The first-order valence-electron chi connectivity index (χ1n) is 10.3. The second kappa shape index (κ2) is 8.54. The van der Waals surface area contributed by atoms with Gasteiger partial charge in [0, 0.05) is 23.7 Å². The number of fused-ring (bicyclic) bond motifs is 1. The molecule has 0 spiro atoms. The molecule has 0 aliphatic rings. The van der Waals surface area contributed by atoms with Gasteiger partial charge >= 0.3 is 0 Å². The number of rotatable bonds is 6. The van der Waals surface area contributed by atoms with Gasteiger partial charge in [0.25, 0.3) is 0 Å². The molecule has 2 heterocycles. The number of furan rings is 1. The third kappa shape index (κ3) is 4.11. The Morgan fingerprint density at radius 2 is 1.48 bits per heavy atom. The minimum absolute atomic E-state index is 0.271. The lowest BCUT2D eigenvalue weighted by Crippen LogP contribution is -2.13. The molecule has 5 aromatic rings. The van der Waals surface area contributed by atoms with Gasteiger partial charge in [-0.3, -0.25) is 4.98 Å². The molecule has 0 aliphatic carbocycles. The summed E-state index contributed by atoms with van der Waals surface area (Å²) in [5.74, 6) is 0.512. The molecule has 0 amide bonds. The van der Waals surface area contributed by atoms with E-state index in [2.05, 4.69) is 28.5 Å². The third-order valence-corrected chi connectivity index (χ3v) is 5.30. The molecule has 0 atom stereocenters. The standard InChI is InChI=1S/C27H21FN2O/c28-22-11-12-25-24(16-22)27(20-9-5-2-6-10-20)26(31-25)18-29-17-23-15-21(13-14-30-23)19-7-3-1-4-8-19/h1-16,29H,17-18H2. The van der Waals surface area contributed by atoms with Gasteiger partial charge in [0.15, 0.2) is 0 Å². The molecule has 1 N–H and O–H groups in total. The quantitative estimate of drug-likeness (QED) is 0.344. The molecule has 0 saturated heterocycles. The van der Waals surface area contributed by atoms with Crippen LogP contribution in [0.1, 0.15) is 11.5 Å². The fourth-order valence-electron chi connectivity index (χ4n) is 3.86. The maximum atomic E-state index is 13.9. The summed E-state index contributed by atoms with van der Waals surface area (Å²) < 4.78 is 20.0. The molecule has 2 aromatic heterocycles. The summed E-state index contributed by atoms with van der Waals surface area (Å²) in [4.78, 5) is 4.49. The number of hydrogen-bond donors (Lipinski definition) is 1. The van der Waals surface area contributed by atoms with Crippen LogP contribution in [0.4, 0.5) is 4.39 Å². The van der Waals surface area contributed by atoms with Crippen LogP contribution in [0.5, 0.6) is 0 Å². The first-order valence-corrected chi connectivity index (χ1v) is 10.3. The van der Waals surface area contributed by atoms with Crippen molar-refractivity contribution in [1.82, 2.24) is 10.3 Å². The van der Waals surface area contributed by atoms with Crippen molar-refractivity contribution in [2.45, 2.75) is 13.1 Å². The average molecular weight is 408 g/mol. The van der Waals surface area contributed by atoms with E-state index in [1.165, 1.54) is 12.1 Å². The Bertz CT molecular complexity index is 1310. The van der Waals surface area contributed by atoms with E-state index in [-0.39, 0.29) is 5.82 Å². The van der Waals surface area contributed by atoms with Crippen molar-refractivity contribution in [3.8, 4) is 22.3 Å². The molecular formula is C27H21FN2O. The second-order valence-corrected chi connectivity index (χ2v) is 7.41.